The minimum Gasteiger partial charge on any atom is -0.512 e. The zero-order valence-electron chi connectivity index (χ0n) is 11.3. The molecule has 0 atom stereocenters. The fraction of sp³-hybridized carbons (Fsp3) is 0.200. The molecule has 1 rings (SSSR count). The van der Waals surface area contributed by atoms with Gasteiger partial charge in [-0.3, -0.25) is 5.41 Å². The van der Waals surface area contributed by atoms with Crippen LogP contribution in [0.3, 0.4) is 0 Å². The van der Waals surface area contributed by atoms with E-state index in [2.05, 4.69) is 11.7 Å². The van der Waals surface area contributed by atoms with Crippen LogP contribution in [0.5, 0.6) is 0 Å². The van der Waals surface area contributed by atoms with Crippen LogP contribution in [0, 0.1) is 12.3 Å². The van der Waals surface area contributed by atoms with E-state index in [0.29, 0.717) is 10.6 Å². The number of hydrogen-bond acceptors (Lipinski definition) is 2. The van der Waals surface area contributed by atoms with Crippen LogP contribution in [-0.2, 0) is 0 Å². The summed E-state index contributed by atoms with van der Waals surface area (Å²) in [7, 11) is 0. The average molecular weight is 277 g/mol. The molecular formula is C15H17ClN2O. The van der Waals surface area contributed by atoms with Gasteiger partial charge in [0, 0.05) is 5.02 Å². The van der Waals surface area contributed by atoms with Crippen molar-refractivity contribution in [3.8, 4) is 0 Å². The number of benzene rings is 1. The Bertz CT molecular complexity index is 582. The molecule has 0 saturated heterocycles. The molecule has 0 heterocycles. The number of amidine groups is 1. The lowest BCUT2D eigenvalue weighted by atomic mass is 9.99. The monoisotopic (exact) mass is 276 g/mol. The fourth-order valence-corrected chi connectivity index (χ4v) is 1.91. The second-order valence-corrected chi connectivity index (χ2v) is 4.73. The molecule has 0 amide bonds. The van der Waals surface area contributed by atoms with Crippen molar-refractivity contribution >= 4 is 29.7 Å². The first-order chi connectivity index (χ1) is 8.86. The van der Waals surface area contributed by atoms with Crippen molar-refractivity contribution in [1.82, 2.24) is 0 Å². The summed E-state index contributed by atoms with van der Waals surface area (Å²) in [6, 6.07) is 5.62. The maximum Gasteiger partial charge on any atom is 0.154 e. The number of nitrogens with one attached hydrogen (secondary N) is 1. The van der Waals surface area contributed by atoms with E-state index in [9.17, 15) is 5.11 Å². The highest BCUT2D eigenvalue weighted by molar-refractivity contribution is 6.30. The van der Waals surface area contributed by atoms with Gasteiger partial charge in [0.15, 0.2) is 5.84 Å². The SMILES string of the molecule is C=NC(=N)C(/C=C(\C)c1cc(Cl)ccc1C)=C(/C)O. The third kappa shape index (κ3) is 3.80. The lowest BCUT2D eigenvalue weighted by molar-refractivity contribution is 0.412. The highest BCUT2D eigenvalue weighted by atomic mass is 35.5. The molecule has 0 bridgehead atoms. The van der Waals surface area contributed by atoms with E-state index in [1.54, 1.807) is 6.08 Å². The number of halogens is 1. The summed E-state index contributed by atoms with van der Waals surface area (Å²) in [5.41, 5.74) is 3.30. The van der Waals surface area contributed by atoms with E-state index in [1.165, 1.54) is 6.92 Å². The third-order valence-corrected chi connectivity index (χ3v) is 3.02. The quantitative estimate of drug-likeness (QED) is 0.361. The molecule has 1 aromatic carbocycles. The molecule has 0 aliphatic heterocycles. The smallest absolute Gasteiger partial charge is 0.154 e. The van der Waals surface area contributed by atoms with E-state index in [1.807, 2.05) is 32.0 Å². The highest BCUT2D eigenvalue weighted by Gasteiger charge is 2.08. The molecule has 0 aliphatic rings. The summed E-state index contributed by atoms with van der Waals surface area (Å²) in [4.78, 5) is 3.54. The largest absolute Gasteiger partial charge is 0.512 e. The Kier molecular flexibility index (Phi) is 5.07. The maximum atomic E-state index is 9.61. The lowest BCUT2D eigenvalue weighted by Crippen LogP contribution is -1.99. The maximum absolute atomic E-state index is 9.61. The Labute approximate surface area is 118 Å². The molecule has 0 spiro atoms. The number of aliphatic hydroxyl groups excluding tert-OH is 1. The molecule has 0 radical (unpaired) electrons. The first-order valence-corrected chi connectivity index (χ1v) is 6.15. The Morgan fingerprint density at radius 1 is 1.42 bits per heavy atom. The third-order valence-electron chi connectivity index (χ3n) is 2.79. The standard InChI is InChI=1S/C15H17ClN2O/c1-9-5-6-12(16)8-13(9)10(2)7-14(11(3)19)15(17)18-4/h5-8,17,19H,4H2,1-3H3/b10-7+,14-11-,17-15?. The van der Waals surface area contributed by atoms with Gasteiger partial charge in [-0.25, -0.2) is 4.99 Å². The van der Waals surface area contributed by atoms with Crippen molar-refractivity contribution in [3.05, 3.63) is 51.8 Å². The number of rotatable bonds is 3. The Morgan fingerprint density at radius 3 is 2.58 bits per heavy atom. The van der Waals surface area contributed by atoms with Gasteiger partial charge in [0.25, 0.3) is 0 Å². The Morgan fingerprint density at radius 2 is 2.05 bits per heavy atom. The molecule has 1 aromatic rings. The fourth-order valence-electron chi connectivity index (χ4n) is 1.74. The van der Waals surface area contributed by atoms with E-state index in [-0.39, 0.29) is 11.6 Å². The number of hydrogen-bond donors (Lipinski definition) is 2. The van der Waals surface area contributed by atoms with Crippen molar-refractivity contribution in [2.24, 2.45) is 4.99 Å². The molecule has 3 nitrogen and oxygen atoms in total. The molecule has 0 unspecified atom stereocenters. The average Bonchev–Trinajstić information content (AvgIpc) is 2.37. The summed E-state index contributed by atoms with van der Waals surface area (Å²) >= 11 is 5.99. The second-order valence-electron chi connectivity index (χ2n) is 4.29. The van der Waals surface area contributed by atoms with E-state index < -0.39 is 0 Å². The van der Waals surface area contributed by atoms with E-state index in [0.717, 1.165) is 16.7 Å². The van der Waals surface area contributed by atoms with Crippen molar-refractivity contribution in [1.29, 1.82) is 5.41 Å². The first-order valence-electron chi connectivity index (χ1n) is 5.77. The van der Waals surface area contributed by atoms with Crippen LogP contribution in [0.4, 0.5) is 0 Å². The number of aliphatic imine (C=N–C) groups is 1. The van der Waals surface area contributed by atoms with Gasteiger partial charge >= 0.3 is 0 Å². The van der Waals surface area contributed by atoms with Gasteiger partial charge in [-0.2, -0.15) is 0 Å². The summed E-state index contributed by atoms with van der Waals surface area (Å²) in [5, 5.41) is 17.9. The van der Waals surface area contributed by atoms with Crippen molar-refractivity contribution in [2.45, 2.75) is 20.8 Å². The Balaban J connectivity index is 3.31. The minimum atomic E-state index is -0.0565. The zero-order valence-corrected chi connectivity index (χ0v) is 12.0. The Hall–Kier alpha value is -1.87. The molecule has 19 heavy (non-hydrogen) atoms. The van der Waals surface area contributed by atoms with Crippen LogP contribution in [0.15, 0.2) is 40.6 Å². The van der Waals surface area contributed by atoms with Gasteiger partial charge in [-0.15, -0.1) is 0 Å². The molecule has 0 saturated carbocycles. The second kappa shape index (κ2) is 6.34. The molecule has 2 N–H and O–H groups in total. The van der Waals surface area contributed by atoms with Gasteiger partial charge in [0.05, 0.1) is 5.57 Å². The zero-order chi connectivity index (χ0) is 14.6. The first kappa shape index (κ1) is 15.2. The van der Waals surface area contributed by atoms with Gasteiger partial charge in [0.1, 0.15) is 5.76 Å². The molecule has 0 aromatic heterocycles. The van der Waals surface area contributed by atoms with Crippen molar-refractivity contribution in [3.63, 3.8) is 0 Å². The lowest BCUT2D eigenvalue weighted by Gasteiger charge is -2.09. The molecule has 100 valence electrons. The summed E-state index contributed by atoms with van der Waals surface area (Å²) < 4.78 is 0. The summed E-state index contributed by atoms with van der Waals surface area (Å²) in [5.74, 6) is -0.0181. The molecular weight excluding hydrogens is 260 g/mol. The topological polar surface area (TPSA) is 56.4 Å². The summed E-state index contributed by atoms with van der Waals surface area (Å²) in [6.45, 7) is 8.71. The van der Waals surface area contributed by atoms with Crippen LogP contribution in [0.25, 0.3) is 5.57 Å². The van der Waals surface area contributed by atoms with Crippen LogP contribution in [0.1, 0.15) is 25.0 Å². The van der Waals surface area contributed by atoms with Gasteiger partial charge in [-0.05, 0) is 62.4 Å². The van der Waals surface area contributed by atoms with Crippen LogP contribution < -0.4 is 0 Å². The van der Waals surface area contributed by atoms with Crippen LogP contribution >= 0.6 is 11.6 Å². The minimum absolute atomic E-state index is 0.0384. The number of nitrogens with zero attached hydrogens (tertiary/aromatic N) is 1. The number of aryl methyl sites for hydroxylation is 1. The van der Waals surface area contributed by atoms with Crippen LogP contribution in [-0.4, -0.2) is 17.7 Å². The van der Waals surface area contributed by atoms with Crippen LogP contribution in [0.2, 0.25) is 5.02 Å². The van der Waals surface area contributed by atoms with Gasteiger partial charge in [-0.1, -0.05) is 17.7 Å². The van der Waals surface area contributed by atoms with Crippen molar-refractivity contribution < 1.29 is 5.11 Å². The van der Waals surface area contributed by atoms with Gasteiger partial charge in [0.2, 0.25) is 0 Å². The summed E-state index contributed by atoms with van der Waals surface area (Å²) in [6.07, 6.45) is 1.71. The van der Waals surface area contributed by atoms with Gasteiger partial charge < -0.3 is 5.11 Å². The number of allylic oxidation sites excluding steroid dienone is 2. The highest BCUT2D eigenvalue weighted by Crippen LogP contribution is 2.24. The molecule has 0 fully saturated rings. The van der Waals surface area contributed by atoms with E-state index >= 15 is 0 Å². The predicted molar refractivity (Wildman–Crippen MR) is 82.4 cm³/mol. The van der Waals surface area contributed by atoms with Crippen molar-refractivity contribution in [2.75, 3.05) is 0 Å². The predicted octanol–water partition coefficient (Wildman–Crippen LogP) is 4.56. The molecule has 0 aliphatic carbocycles. The van der Waals surface area contributed by atoms with E-state index in [4.69, 9.17) is 17.0 Å². The molecule has 4 heteroatoms. The normalized spacial score (nSPS) is 12.9. The number of aliphatic hydroxyl groups is 1.